The van der Waals surface area contributed by atoms with Crippen molar-refractivity contribution in [1.82, 2.24) is 0 Å². The molecule has 0 bridgehead atoms. The Morgan fingerprint density at radius 3 is 2.64 bits per heavy atom. The van der Waals surface area contributed by atoms with Gasteiger partial charge in [-0.25, -0.2) is 0 Å². The third-order valence-electron chi connectivity index (χ3n) is 4.61. The summed E-state index contributed by atoms with van der Waals surface area (Å²) in [7, 11) is 0. The highest BCUT2D eigenvalue weighted by atomic mass is 16.5. The Kier molecular flexibility index (Phi) is 5.01. The summed E-state index contributed by atoms with van der Waals surface area (Å²) in [5.74, 6) is -1.61. The fourth-order valence-electron chi connectivity index (χ4n) is 3.12. The van der Waals surface area contributed by atoms with Gasteiger partial charge in [0.05, 0.1) is 12.5 Å². The summed E-state index contributed by atoms with van der Waals surface area (Å²) in [6, 6.07) is 5.38. The largest absolute Gasteiger partial charge is 0.466 e. The molecule has 22 heavy (non-hydrogen) atoms. The van der Waals surface area contributed by atoms with Crippen LogP contribution in [0.25, 0.3) is 0 Å². The van der Waals surface area contributed by atoms with Gasteiger partial charge in [0.25, 0.3) is 0 Å². The molecule has 1 N–H and O–H groups in total. The molecule has 0 radical (unpaired) electrons. The molecule has 2 unspecified atom stereocenters. The van der Waals surface area contributed by atoms with Gasteiger partial charge in [0.15, 0.2) is 5.78 Å². The first kappa shape index (κ1) is 16.7. The summed E-state index contributed by atoms with van der Waals surface area (Å²) in [4.78, 5) is 25.0. The Bertz CT molecular complexity index is 578. The number of carbonyl (C=O) groups excluding carboxylic acids is 2. The minimum Gasteiger partial charge on any atom is -0.466 e. The van der Waals surface area contributed by atoms with Crippen LogP contribution in [0.5, 0.6) is 0 Å². The van der Waals surface area contributed by atoms with Gasteiger partial charge in [-0.15, -0.1) is 0 Å². The fourth-order valence-corrected chi connectivity index (χ4v) is 3.12. The van der Waals surface area contributed by atoms with E-state index in [0.29, 0.717) is 18.4 Å². The molecule has 4 nitrogen and oxygen atoms in total. The van der Waals surface area contributed by atoms with Crippen LogP contribution in [0.4, 0.5) is 0 Å². The highest BCUT2D eigenvalue weighted by Gasteiger charge is 2.49. The third-order valence-corrected chi connectivity index (χ3v) is 4.61. The first-order valence-electron chi connectivity index (χ1n) is 7.91. The molecule has 0 heterocycles. The van der Waals surface area contributed by atoms with Crippen LogP contribution in [0.3, 0.4) is 0 Å². The molecule has 1 aliphatic rings. The number of hydrogen-bond acceptors (Lipinski definition) is 4. The molecule has 2 rings (SSSR count). The van der Waals surface area contributed by atoms with E-state index in [1.807, 2.05) is 19.9 Å². The van der Waals surface area contributed by atoms with E-state index in [1.54, 1.807) is 19.1 Å². The Balaban J connectivity index is 2.34. The van der Waals surface area contributed by atoms with Crippen LogP contribution in [0.1, 0.15) is 54.1 Å². The molecular formula is C18H24O4. The van der Waals surface area contributed by atoms with Crippen LogP contribution in [0.15, 0.2) is 18.2 Å². The number of benzene rings is 1. The van der Waals surface area contributed by atoms with E-state index in [4.69, 9.17) is 4.74 Å². The van der Waals surface area contributed by atoms with Crippen molar-refractivity contribution in [3.05, 3.63) is 34.9 Å². The zero-order valence-corrected chi connectivity index (χ0v) is 13.5. The lowest BCUT2D eigenvalue weighted by Crippen LogP contribution is -2.51. The molecule has 120 valence electrons. The average Bonchev–Trinajstić information content (AvgIpc) is 2.50. The normalized spacial score (nSPS) is 24.8. The predicted molar refractivity (Wildman–Crippen MR) is 83.8 cm³/mol. The SMILES string of the molecule is CCOC(=O)C1CCCCC1(O)C(=O)c1ccc(C)c(C)c1. The quantitative estimate of drug-likeness (QED) is 0.686. The molecule has 0 saturated heterocycles. The van der Waals surface area contributed by atoms with Crippen LogP contribution in [-0.4, -0.2) is 29.1 Å². The van der Waals surface area contributed by atoms with E-state index in [0.717, 1.165) is 24.0 Å². The fraction of sp³-hybridized carbons (Fsp3) is 0.556. The van der Waals surface area contributed by atoms with Gasteiger partial charge in [0, 0.05) is 5.56 Å². The van der Waals surface area contributed by atoms with Crippen LogP contribution < -0.4 is 0 Å². The minimum absolute atomic E-state index is 0.253. The number of aryl methyl sites for hydroxylation is 2. The number of ether oxygens (including phenoxy) is 1. The number of rotatable bonds is 4. The highest BCUT2D eigenvalue weighted by molar-refractivity contribution is 6.05. The predicted octanol–water partition coefficient (Wildman–Crippen LogP) is 2.97. The Morgan fingerprint density at radius 1 is 1.27 bits per heavy atom. The average molecular weight is 304 g/mol. The van der Waals surface area contributed by atoms with Crippen LogP contribution in [0, 0.1) is 19.8 Å². The number of aliphatic hydroxyl groups is 1. The van der Waals surface area contributed by atoms with Crippen LogP contribution in [0.2, 0.25) is 0 Å². The molecule has 0 aromatic heterocycles. The molecule has 1 aliphatic carbocycles. The molecule has 0 spiro atoms. The van der Waals surface area contributed by atoms with Gasteiger partial charge in [-0.3, -0.25) is 9.59 Å². The number of esters is 1. The van der Waals surface area contributed by atoms with Gasteiger partial charge in [0.1, 0.15) is 5.60 Å². The van der Waals surface area contributed by atoms with Gasteiger partial charge in [-0.05, 0) is 50.8 Å². The van der Waals surface area contributed by atoms with Gasteiger partial charge >= 0.3 is 5.97 Å². The van der Waals surface area contributed by atoms with Crippen molar-refractivity contribution in [2.75, 3.05) is 6.61 Å². The molecule has 1 fully saturated rings. The first-order valence-corrected chi connectivity index (χ1v) is 7.91. The van der Waals surface area contributed by atoms with Crippen LogP contribution in [-0.2, 0) is 9.53 Å². The molecule has 4 heteroatoms. The number of Topliss-reactive ketones (excluding diaryl/α,β-unsaturated/α-hetero) is 1. The second-order valence-electron chi connectivity index (χ2n) is 6.10. The second kappa shape index (κ2) is 6.61. The van der Waals surface area contributed by atoms with Gasteiger partial charge in [-0.2, -0.15) is 0 Å². The van der Waals surface area contributed by atoms with Crippen molar-refractivity contribution < 1.29 is 19.4 Å². The lowest BCUT2D eigenvalue weighted by atomic mass is 9.71. The highest BCUT2D eigenvalue weighted by Crippen LogP contribution is 2.37. The van der Waals surface area contributed by atoms with Crippen molar-refractivity contribution in [2.45, 2.75) is 52.1 Å². The van der Waals surface area contributed by atoms with E-state index >= 15 is 0 Å². The lowest BCUT2D eigenvalue weighted by Gasteiger charge is -2.37. The van der Waals surface area contributed by atoms with Gasteiger partial charge in [0.2, 0.25) is 0 Å². The zero-order chi connectivity index (χ0) is 16.3. The molecule has 1 aromatic carbocycles. The van der Waals surface area contributed by atoms with E-state index < -0.39 is 17.5 Å². The zero-order valence-electron chi connectivity index (χ0n) is 13.5. The van der Waals surface area contributed by atoms with Gasteiger partial charge in [-0.1, -0.05) is 25.0 Å². The van der Waals surface area contributed by atoms with E-state index in [-0.39, 0.29) is 12.4 Å². The minimum atomic E-state index is -1.65. The standard InChI is InChI=1S/C18H24O4/c1-4-22-17(20)15-7-5-6-10-18(15,21)16(19)14-9-8-12(2)13(3)11-14/h8-9,11,15,21H,4-7,10H2,1-3H3. The van der Waals surface area contributed by atoms with E-state index in [2.05, 4.69) is 0 Å². The molecule has 2 atom stereocenters. The Hall–Kier alpha value is -1.68. The summed E-state index contributed by atoms with van der Waals surface area (Å²) in [5.41, 5.74) is 0.903. The van der Waals surface area contributed by atoms with Crippen molar-refractivity contribution in [1.29, 1.82) is 0 Å². The molecular weight excluding hydrogens is 280 g/mol. The smallest absolute Gasteiger partial charge is 0.312 e. The van der Waals surface area contributed by atoms with Crippen molar-refractivity contribution in [3.63, 3.8) is 0 Å². The maximum absolute atomic E-state index is 12.8. The summed E-state index contributed by atoms with van der Waals surface area (Å²) in [6.07, 6.45) is 2.36. The van der Waals surface area contributed by atoms with E-state index in [9.17, 15) is 14.7 Å². The topological polar surface area (TPSA) is 63.6 Å². The summed E-state index contributed by atoms with van der Waals surface area (Å²) < 4.78 is 5.05. The maximum Gasteiger partial charge on any atom is 0.312 e. The van der Waals surface area contributed by atoms with Crippen molar-refractivity contribution >= 4 is 11.8 Å². The monoisotopic (exact) mass is 304 g/mol. The molecule has 1 aromatic rings. The number of ketones is 1. The second-order valence-corrected chi connectivity index (χ2v) is 6.10. The Morgan fingerprint density at radius 2 is 2.00 bits per heavy atom. The summed E-state index contributed by atoms with van der Waals surface area (Å²) >= 11 is 0. The Labute approximate surface area is 131 Å². The van der Waals surface area contributed by atoms with E-state index in [1.165, 1.54) is 0 Å². The molecule has 0 amide bonds. The van der Waals surface area contributed by atoms with Crippen LogP contribution >= 0.6 is 0 Å². The maximum atomic E-state index is 12.8. The van der Waals surface area contributed by atoms with Gasteiger partial charge < -0.3 is 9.84 Å². The lowest BCUT2D eigenvalue weighted by molar-refractivity contribution is -0.158. The molecule has 0 aliphatic heterocycles. The number of carbonyl (C=O) groups is 2. The number of hydrogen-bond donors (Lipinski definition) is 1. The van der Waals surface area contributed by atoms with Crippen molar-refractivity contribution in [3.8, 4) is 0 Å². The summed E-state index contributed by atoms with van der Waals surface area (Å²) in [6.45, 7) is 5.88. The van der Waals surface area contributed by atoms with Crippen molar-refractivity contribution in [2.24, 2.45) is 5.92 Å². The third kappa shape index (κ3) is 3.07. The summed E-state index contributed by atoms with van der Waals surface area (Å²) in [5, 5.41) is 11.0. The molecule has 1 saturated carbocycles. The first-order chi connectivity index (χ1) is 10.4.